The molecule has 0 saturated carbocycles. The summed E-state index contributed by atoms with van der Waals surface area (Å²) in [4.78, 5) is 31.8. The van der Waals surface area contributed by atoms with Crippen molar-refractivity contribution in [3.63, 3.8) is 0 Å². The summed E-state index contributed by atoms with van der Waals surface area (Å²) in [7, 11) is 0. The number of carbonyl (C=O) groups excluding carboxylic acids is 2. The Hall–Kier alpha value is -4.49. The van der Waals surface area contributed by atoms with Gasteiger partial charge >= 0.3 is 0 Å². The number of rotatable bonds is 9. The first-order valence-electron chi connectivity index (χ1n) is 13.8. The average Bonchev–Trinajstić information content (AvgIpc) is 3.00. The van der Waals surface area contributed by atoms with Gasteiger partial charge in [0.15, 0.2) is 0 Å². The second-order valence-electron chi connectivity index (χ2n) is 10.2. The standard InChI is InChI=1S/C34H34FN3O3/c1-25-7-5-6-10-28(25)24-38(32(39)23-26-8-3-2-4-9-26)33(27-11-13-29(35)14-12-27)34(40)36-30-15-17-31(18-16-30)37-19-21-41-22-20-37/h2-18,33H,19-24H2,1H3,(H,36,40). The van der Waals surface area contributed by atoms with Gasteiger partial charge in [-0.25, -0.2) is 4.39 Å². The number of hydrogen-bond acceptors (Lipinski definition) is 4. The van der Waals surface area contributed by atoms with Crippen LogP contribution in [-0.4, -0.2) is 43.0 Å². The molecule has 1 heterocycles. The maximum Gasteiger partial charge on any atom is 0.251 e. The van der Waals surface area contributed by atoms with Crippen molar-refractivity contribution in [2.24, 2.45) is 0 Å². The number of amides is 2. The highest BCUT2D eigenvalue weighted by Crippen LogP contribution is 2.28. The summed E-state index contributed by atoms with van der Waals surface area (Å²) >= 11 is 0. The molecule has 210 valence electrons. The highest BCUT2D eigenvalue weighted by Gasteiger charge is 2.32. The van der Waals surface area contributed by atoms with E-state index >= 15 is 0 Å². The van der Waals surface area contributed by atoms with Gasteiger partial charge in [0.05, 0.1) is 19.6 Å². The van der Waals surface area contributed by atoms with Gasteiger partial charge in [-0.1, -0.05) is 66.7 Å². The third-order valence-electron chi connectivity index (χ3n) is 7.38. The molecular formula is C34H34FN3O3. The molecule has 1 saturated heterocycles. The minimum Gasteiger partial charge on any atom is -0.378 e. The minimum atomic E-state index is -0.981. The van der Waals surface area contributed by atoms with E-state index in [9.17, 15) is 14.0 Å². The number of halogens is 1. The van der Waals surface area contributed by atoms with Crippen LogP contribution in [0.5, 0.6) is 0 Å². The van der Waals surface area contributed by atoms with Gasteiger partial charge in [0, 0.05) is 31.0 Å². The van der Waals surface area contributed by atoms with Crippen molar-refractivity contribution in [3.8, 4) is 0 Å². The minimum absolute atomic E-state index is 0.131. The van der Waals surface area contributed by atoms with E-state index in [1.165, 1.54) is 12.1 Å². The number of morpholine rings is 1. The van der Waals surface area contributed by atoms with Crippen LogP contribution >= 0.6 is 0 Å². The summed E-state index contributed by atoms with van der Waals surface area (Å²) in [5, 5.41) is 3.02. The number of aryl methyl sites for hydroxylation is 1. The lowest BCUT2D eigenvalue weighted by molar-refractivity contribution is -0.139. The Morgan fingerprint density at radius 3 is 2.22 bits per heavy atom. The van der Waals surface area contributed by atoms with E-state index in [4.69, 9.17) is 4.74 Å². The highest BCUT2D eigenvalue weighted by molar-refractivity contribution is 5.98. The van der Waals surface area contributed by atoms with Crippen LogP contribution in [0.4, 0.5) is 15.8 Å². The lowest BCUT2D eigenvalue weighted by Crippen LogP contribution is -2.41. The Balaban J connectivity index is 1.47. The zero-order chi connectivity index (χ0) is 28.6. The van der Waals surface area contributed by atoms with Crippen LogP contribution in [0.1, 0.15) is 28.3 Å². The Labute approximate surface area is 240 Å². The number of hydrogen-bond donors (Lipinski definition) is 1. The molecule has 2 amide bonds. The van der Waals surface area contributed by atoms with E-state index in [0.29, 0.717) is 24.5 Å². The van der Waals surface area contributed by atoms with Gasteiger partial charge < -0.3 is 19.9 Å². The van der Waals surface area contributed by atoms with Gasteiger partial charge in [0.25, 0.3) is 5.91 Å². The highest BCUT2D eigenvalue weighted by atomic mass is 19.1. The monoisotopic (exact) mass is 551 g/mol. The van der Waals surface area contributed by atoms with Gasteiger partial charge in [0.2, 0.25) is 5.91 Å². The normalized spacial score (nSPS) is 13.9. The quantitative estimate of drug-likeness (QED) is 0.281. The Bertz CT molecular complexity index is 1450. The van der Waals surface area contributed by atoms with Crippen molar-refractivity contribution >= 4 is 23.2 Å². The van der Waals surface area contributed by atoms with Gasteiger partial charge in [0.1, 0.15) is 11.9 Å². The van der Waals surface area contributed by atoms with Crippen LogP contribution in [0, 0.1) is 12.7 Å². The molecular weight excluding hydrogens is 517 g/mol. The van der Waals surface area contributed by atoms with Gasteiger partial charge in [-0.3, -0.25) is 9.59 Å². The Kier molecular flexibility index (Phi) is 9.06. The lowest BCUT2D eigenvalue weighted by Gasteiger charge is -2.32. The lowest BCUT2D eigenvalue weighted by atomic mass is 10.00. The van der Waals surface area contributed by atoms with Crippen molar-refractivity contribution in [3.05, 3.63) is 131 Å². The van der Waals surface area contributed by atoms with Crippen LogP contribution in [-0.2, 0) is 27.3 Å². The maximum absolute atomic E-state index is 14.0. The molecule has 1 aliphatic rings. The summed E-state index contributed by atoms with van der Waals surface area (Å²) in [6.45, 7) is 5.21. The molecule has 1 aliphatic heterocycles. The van der Waals surface area contributed by atoms with E-state index in [-0.39, 0.29) is 24.8 Å². The molecule has 0 aliphatic carbocycles. The van der Waals surface area contributed by atoms with Gasteiger partial charge in [-0.15, -0.1) is 0 Å². The SMILES string of the molecule is Cc1ccccc1CN(C(=O)Cc1ccccc1)C(C(=O)Nc1ccc(N2CCOCC2)cc1)c1ccc(F)cc1. The summed E-state index contributed by atoms with van der Waals surface area (Å²) in [5.41, 5.74) is 5.00. The zero-order valence-corrected chi connectivity index (χ0v) is 23.1. The summed E-state index contributed by atoms with van der Waals surface area (Å²) in [6.07, 6.45) is 0.131. The zero-order valence-electron chi connectivity index (χ0n) is 23.1. The molecule has 5 rings (SSSR count). The molecule has 1 N–H and O–H groups in total. The largest absolute Gasteiger partial charge is 0.378 e. The van der Waals surface area contributed by atoms with Crippen LogP contribution in [0.25, 0.3) is 0 Å². The molecule has 6 nitrogen and oxygen atoms in total. The summed E-state index contributed by atoms with van der Waals surface area (Å²) < 4.78 is 19.4. The van der Waals surface area contributed by atoms with Crippen molar-refractivity contribution < 1.29 is 18.7 Å². The predicted octanol–water partition coefficient (Wildman–Crippen LogP) is 5.92. The number of nitrogens with one attached hydrogen (secondary N) is 1. The number of nitrogens with zero attached hydrogens (tertiary/aromatic N) is 2. The van der Waals surface area contributed by atoms with Gasteiger partial charge in [-0.05, 0) is 65.6 Å². The third-order valence-corrected chi connectivity index (χ3v) is 7.38. The molecule has 1 fully saturated rings. The molecule has 0 spiro atoms. The molecule has 0 bridgehead atoms. The van der Waals surface area contributed by atoms with Crippen LogP contribution in [0.15, 0.2) is 103 Å². The summed E-state index contributed by atoms with van der Waals surface area (Å²) in [5.74, 6) is -0.981. The fraction of sp³-hybridized carbons (Fsp3) is 0.235. The molecule has 0 radical (unpaired) electrons. The molecule has 41 heavy (non-hydrogen) atoms. The van der Waals surface area contributed by atoms with Gasteiger partial charge in [-0.2, -0.15) is 0 Å². The molecule has 0 aromatic heterocycles. The topological polar surface area (TPSA) is 61.9 Å². The third kappa shape index (κ3) is 7.18. The Morgan fingerprint density at radius 1 is 0.878 bits per heavy atom. The van der Waals surface area contributed by atoms with Crippen molar-refractivity contribution in [2.45, 2.75) is 25.9 Å². The first-order valence-corrected chi connectivity index (χ1v) is 13.8. The van der Waals surface area contributed by atoms with E-state index in [0.717, 1.165) is 35.5 Å². The van der Waals surface area contributed by atoms with Crippen LogP contribution in [0.3, 0.4) is 0 Å². The number of anilines is 2. The van der Waals surface area contributed by atoms with Crippen molar-refractivity contribution in [1.29, 1.82) is 0 Å². The van der Waals surface area contributed by atoms with Crippen molar-refractivity contribution in [1.82, 2.24) is 4.90 Å². The first kappa shape index (κ1) is 28.1. The number of carbonyl (C=O) groups is 2. The summed E-state index contributed by atoms with van der Waals surface area (Å²) in [6, 6.07) is 29.7. The molecule has 7 heteroatoms. The fourth-order valence-electron chi connectivity index (χ4n) is 5.07. The van der Waals surface area contributed by atoms with E-state index in [2.05, 4.69) is 10.2 Å². The predicted molar refractivity (Wildman–Crippen MR) is 159 cm³/mol. The second-order valence-corrected chi connectivity index (χ2v) is 10.2. The molecule has 1 atom stereocenters. The molecule has 1 unspecified atom stereocenters. The van der Waals surface area contributed by atoms with E-state index in [1.807, 2.05) is 85.8 Å². The van der Waals surface area contributed by atoms with Crippen LogP contribution < -0.4 is 10.2 Å². The smallest absolute Gasteiger partial charge is 0.251 e. The number of benzene rings is 4. The van der Waals surface area contributed by atoms with E-state index < -0.39 is 11.9 Å². The maximum atomic E-state index is 14.0. The van der Waals surface area contributed by atoms with Crippen molar-refractivity contribution in [2.75, 3.05) is 36.5 Å². The Morgan fingerprint density at radius 2 is 1.54 bits per heavy atom. The molecule has 4 aromatic carbocycles. The van der Waals surface area contributed by atoms with E-state index in [1.54, 1.807) is 17.0 Å². The average molecular weight is 552 g/mol. The molecule has 4 aromatic rings. The fourth-order valence-corrected chi connectivity index (χ4v) is 5.07. The first-order chi connectivity index (χ1) is 20.0. The van der Waals surface area contributed by atoms with Crippen LogP contribution in [0.2, 0.25) is 0 Å². The number of ether oxygens (including phenoxy) is 1. The second kappa shape index (κ2) is 13.2.